The van der Waals surface area contributed by atoms with Crippen LogP contribution in [0.5, 0.6) is 0 Å². The fourth-order valence-corrected chi connectivity index (χ4v) is 5.33. The minimum absolute atomic E-state index is 0.0853. The normalized spacial score (nSPS) is 16.1. The number of carbonyl (C=O) groups is 1. The topological polar surface area (TPSA) is 92.8 Å². The number of ether oxygens (including phenoxy) is 1. The number of carbonyl (C=O) groups excluding carboxylic acids is 1. The molecule has 0 saturated carbocycles. The van der Waals surface area contributed by atoms with E-state index in [9.17, 15) is 4.79 Å². The molecule has 0 bridgehead atoms. The first kappa shape index (κ1) is 18.3. The lowest BCUT2D eigenvalue weighted by Crippen LogP contribution is -2.23. The molecule has 1 atom stereocenters. The monoisotopic (exact) mass is 427 g/mol. The van der Waals surface area contributed by atoms with E-state index in [-0.39, 0.29) is 11.9 Å². The number of hydrogen-bond acceptors (Lipinski definition) is 7. The summed E-state index contributed by atoms with van der Waals surface area (Å²) in [5.74, 6) is 0.532. The van der Waals surface area contributed by atoms with Crippen molar-refractivity contribution >= 4 is 61.5 Å². The molecule has 148 valence electrons. The van der Waals surface area contributed by atoms with Gasteiger partial charge in [0.2, 0.25) is 0 Å². The summed E-state index contributed by atoms with van der Waals surface area (Å²) >= 11 is 8.08. The van der Waals surface area contributed by atoms with Crippen molar-refractivity contribution in [3.05, 3.63) is 40.1 Å². The van der Waals surface area contributed by atoms with Gasteiger partial charge in [-0.3, -0.25) is 9.89 Å². The lowest BCUT2D eigenvalue weighted by atomic mass is 9.88. The number of hydrogen-bond donors (Lipinski definition) is 2. The van der Waals surface area contributed by atoms with Gasteiger partial charge in [0, 0.05) is 10.3 Å². The summed E-state index contributed by atoms with van der Waals surface area (Å²) in [6, 6.07) is 3.79. The summed E-state index contributed by atoms with van der Waals surface area (Å²) in [5.41, 5.74) is 2.86. The highest BCUT2D eigenvalue weighted by Crippen LogP contribution is 2.41. The number of aromatic nitrogens is 4. The van der Waals surface area contributed by atoms with E-state index in [1.807, 2.05) is 19.1 Å². The van der Waals surface area contributed by atoms with Crippen LogP contribution in [0.2, 0.25) is 5.02 Å². The number of nitrogens with zero attached hydrogens (tertiary/aromatic N) is 3. The zero-order valence-corrected chi connectivity index (χ0v) is 17.2. The Kier molecular flexibility index (Phi) is 4.60. The molecule has 0 radical (unpaired) electrons. The minimum Gasteiger partial charge on any atom is -0.466 e. The predicted molar refractivity (Wildman–Crippen MR) is 114 cm³/mol. The van der Waals surface area contributed by atoms with Gasteiger partial charge in [-0.05, 0) is 43.9 Å². The van der Waals surface area contributed by atoms with E-state index in [2.05, 4.69) is 25.5 Å². The molecule has 0 saturated heterocycles. The Bertz CT molecular complexity index is 1230. The number of anilines is 2. The third kappa shape index (κ3) is 3.22. The van der Waals surface area contributed by atoms with Crippen molar-refractivity contribution in [3.8, 4) is 0 Å². The number of fused-ring (bicyclic) bond motifs is 4. The van der Waals surface area contributed by atoms with Gasteiger partial charge in [0.25, 0.3) is 0 Å². The van der Waals surface area contributed by atoms with Crippen molar-refractivity contribution in [2.45, 2.75) is 26.2 Å². The second-order valence-corrected chi connectivity index (χ2v) is 8.50. The van der Waals surface area contributed by atoms with Gasteiger partial charge in [-0.15, -0.1) is 11.3 Å². The molecule has 0 aliphatic heterocycles. The minimum atomic E-state index is -0.111. The Hall–Kier alpha value is -2.71. The Balaban J connectivity index is 1.52. The lowest BCUT2D eigenvalue weighted by molar-refractivity contribution is -0.148. The predicted octanol–water partition coefficient (Wildman–Crippen LogP) is 4.63. The molecular weight excluding hydrogens is 410 g/mol. The number of nitrogens with one attached hydrogen (secondary N) is 2. The summed E-state index contributed by atoms with van der Waals surface area (Å²) in [6.07, 6.45) is 5.58. The van der Waals surface area contributed by atoms with E-state index in [0.717, 1.165) is 45.5 Å². The molecule has 0 fully saturated rings. The van der Waals surface area contributed by atoms with E-state index in [0.29, 0.717) is 18.1 Å². The molecule has 7 nitrogen and oxygen atoms in total. The molecule has 3 heterocycles. The fraction of sp³-hybridized carbons (Fsp3) is 0.300. The number of esters is 1. The van der Waals surface area contributed by atoms with E-state index in [4.69, 9.17) is 16.3 Å². The van der Waals surface area contributed by atoms with Crippen molar-refractivity contribution in [2.24, 2.45) is 5.92 Å². The number of aromatic amines is 1. The molecule has 4 aromatic rings. The molecule has 9 heteroatoms. The van der Waals surface area contributed by atoms with Crippen LogP contribution in [0.4, 0.5) is 11.5 Å². The first-order chi connectivity index (χ1) is 14.1. The Morgan fingerprint density at radius 2 is 2.31 bits per heavy atom. The molecule has 1 aromatic carbocycles. The number of halogens is 1. The SMILES string of the molecule is CCOC(=O)[C@H]1CCc2c(sc3ncnc(Nc4cc5cn[nH]c5cc4Cl)c23)C1. The van der Waals surface area contributed by atoms with Crippen LogP contribution in [-0.4, -0.2) is 32.7 Å². The number of rotatable bonds is 4. The number of thiophene rings is 1. The van der Waals surface area contributed by atoms with Crippen LogP contribution in [0.1, 0.15) is 23.8 Å². The number of H-pyrrole nitrogens is 1. The molecule has 0 unspecified atom stereocenters. The van der Waals surface area contributed by atoms with E-state index in [1.54, 1.807) is 23.9 Å². The van der Waals surface area contributed by atoms with Crippen LogP contribution < -0.4 is 5.32 Å². The number of benzene rings is 1. The van der Waals surface area contributed by atoms with Gasteiger partial charge >= 0.3 is 5.97 Å². The smallest absolute Gasteiger partial charge is 0.309 e. The molecule has 0 amide bonds. The highest BCUT2D eigenvalue weighted by atomic mass is 35.5. The summed E-state index contributed by atoms with van der Waals surface area (Å²) < 4.78 is 5.22. The van der Waals surface area contributed by atoms with Gasteiger partial charge in [0.05, 0.1) is 40.3 Å². The van der Waals surface area contributed by atoms with Crippen LogP contribution >= 0.6 is 22.9 Å². The van der Waals surface area contributed by atoms with Gasteiger partial charge in [0.1, 0.15) is 17.0 Å². The molecule has 1 aliphatic rings. The van der Waals surface area contributed by atoms with Gasteiger partial charge in [-0.2, -0.15) is 5.10 Å². The second-order valence-electron chi connectivity index (χ2n) is 7.01. The Morgan fingerprint density at radius 1 is 1.41 bits per heavy atom. The highest BCUT2D eigenvalue weighted by Gasteiger charge is 2.30. The molecule has 29 heavy (non-hydrogen) atoms. The zero-order valence-electron chi connectivity index (χ0n) is 15.7. The van der Waals surface area contributed by atoms with Crippen LogP contribution in [0.3, 0.4) is 0 Å². The summed E-state index contributed by atoms with van der Waals surface area (Å²) in [7, 11) is 0. The molecule has 3 aromatic heterocycles. The average Bonchev–Trinajstić information content (AvgIpc) is 3.31. The van der Waals surface area contributed by atoms with Crippen LogP contribution in [0, 0.1) is 5.92 Å². The van der Waals surface area contributed by atoms with Crippen LogP contribution in [0.25, 0.3) is 21.1 Å². The summed E-state index contributed by atoms with van der Waals surface area (Å²) in [5, 5.41) is 12.9. The quantitative estimate of drug-likeness (QED) is 0.461. The first-order valence-electron chi connectivity index (χ1n) is 9.45. The lowest BCUT2D eigenvalue weighted by Gasteiger charge is -2.20. The van der Waals surface area contributed by atoms with E-state index >= 15 is 0 Å². The first-order valence-corrected chi connectivity index (χ1v) is 10.6. The largest absolute Gasteiger partial charge is 0.466 e. The van der Waals surface area contributed by atoms with Crippen LogP contribution in [0.15, 0.2) is 24.7 Å². The molecule has 5 rings (SSSR count). The highest BCUT2D eigenvalue weighted by molar-refractivity contribution is 7.19. The van der Waals surface area contributed by atoms with E-state index < -0.39 is 0 Å². The summed E-state index contributed by atoms with van der Waals surface area (Å²) in [6.45, 7) is 2.25. The average molecular weight is 428 g/mol. The van der Waals surface area contributed by atoms with Gasteiger partial charge in [-0.1, -0.05) is 11.6 Å². The van der Waals surface area contributed by atoms with Gasteiger partial charge < -0.3 is 10.1 Å². The van der Waals surface area contributed by atoms with Crippen molar-refractivity contribution in [1.82, 2.24) is 20.2 Å². The van der Waals surface area contributed by atoms with Gasteiger partial charge in [-0.25, -0.2) is 9.97 Å². The van der Waals surface area contributed by atoms with Gasteiger partial charge in [0.15, 0.2) is 0 Å². The van der Waals surface area contributed by atoms with Crippen molar-refractivity contribution in [1.29, 1.82) is 0 Å². The maximum Gasteiger partial charge on any atom is 0.309 e. The zero-order chi connectivity index (χ0) is 20.0. The Morgan fingerprint density at radius 3 is 3.17 bits per heavy atom. The standard InChI is InChI=1S/C20H18ClN5O2S/c1-2-28-20(27)10-3-4-12-16(6-10)29-19-17(12)18(22-9-23-19)25-15-5-11-8-24-26-14(11)7-13(15)21/h5,7-10H,2-4,6H2,1H3,(H,24,26)(H,22,23,25)/t10-/m0/s1. The molecule has 0 spiro atoms. The van der Waals surface area contributed by atoms with Crippen molar-refractivity contribution in [3.63, 3.8) is 0 Å². The second kappa shape index (κ2) is 7.27. The Labute approximate surface area is 175 Å². The number of aryl methyl sites for hydroxylation is 1. The molecule has 2 N–H and O–H groups in total. The third-order valence-corrected chi connectivity index (χ3v) is 6.72. The summed E-state index contributed by atoms with van der Waals surface area (Å²) in [4.78, 5) is 23.2. The van der Waals surface area contributed by atoms with Crippen molar-refractivity contribution < 1.29 is 9.53 Å². The maximum atomic E-state index is 12.2. The molecular formula is C20H18ClN5O2S. The maximum absolute atomic E-state index is 12.2. The van der Waals surface area contributed by atoms with Crippen LogP contribution in [-0.2, 0) is 22.4 Å². The van der Waals surface area contributed by atoms with Crippen molar-refractivity contribution in [2.75, 3.05) is 11.9 Å². The van der Waals surface area contributed by atoms with E-state index in [1.165, 1.54) is 10.4 Å². The molecule has 1 aliphatic carbocycles. The fourth-order valence-electron chi connectivity index (χ4n) is 3.85. The third-order valence-electron chi connectivity index (χ3n) is 5.25.